The predicted octanol–water partition coefficient (Wildman–Crippen LogP) is 0.210. The number of ether oxygens (including phenoxy) is 1. The van der Waals surface area contributed by atoms with Crippen molar-refractivity contribution in [2.24, 2.45) is 5.92 Å². The van der Waals surface area contributed by atoms with Crippen LogP contribution in [-0.4, -0.2) is 12.1 Å². The van der Waals surface area contributed by atoms with Crippen LogP contribution in [-0.2, 0) is 21.6 Å². The first-order valence-corrected chi connectivity index (χ1v) is 5.96. The maximum Gasteiger partial charge on any atom is 0.253 e. The molecule has 19 heavy (non-hydrogen) atoms. The molecule has 0 saturated carbocycles. The molecule has 0 aliphatic carbocycles. The van der Waals surface area contributed by atoms with Crippen molar-refractivity contribution in [1.82, 2.24) is 0 Å². The van der Waals surface area contributed by atoms with Gasteiger partial charge < -0.3 is 24.5 Å². The van der Waals surface area contributed by atoms with Crippen LogP contribution in [0.3, 0.4) is 0 Å². The zero-order valence-electron chi connectivity index (χ0n) is 11.1. The lowest BCUT2D eigenvalue weighted by atomic mass is 9.93. The first-order chi connectivity index (χ1) is 8.75. The highest BCUT2D eigenvalue weighted by Gasteiger charge is 2.27. The van der Waals surface area contributed by atoms with Gasteiger partial charge in [0.1, 0.15) is 5.60 Å². The Bertz CT molecular complexity index is 463. The van der Waals surface area contributed by atoms with E-state index < -0.39 is 17.7 Å². The van der Waals surface area contributed by atoms with E-state index in [1.54, 1.807) is 12.1 Å². The van der Waals surface area contributed by atoms with Crippen molar-refractivity contribution >= 4 is 12.1 Å². The molecule has 0 aliphatic heterocycles. The third-order valence-electron chi connectivity index (χ3n) is 2.83. The van der Waals surface area contributed by atoms with Crippen LogP contribution >= 0.6 is 0 Å². The van der Waals surface area contributed by atoms with Crippen LogP contribution in [0.2, 0.25) is 0 Å². The van der Waals surface area contributed by atoms with Gasteiger partial charge in [-0.25, -0.2) is 0 Å². The average Bonchev–Trinajstić information content (AvgIpc) is 2.27. The Kier molecular flexibility index (Phi) is 4.53. The summed E-state index contributed by atoms with van der Waals surface area (Å²) in [6, 6.07) is 6.54. The summed E-state index contributed by atoms with van der Waals surface area (Å²) in [5, 5.41) is 21.6. The Morgan fingerprint density at radius 2 is 1.74 bits per heavy atom. The van der Waals surface area contributed by atoms with Gasteiger partial charge in [0, 0.05) is 0 Å². The second-order valence-electron chi connectivity index (χ2n) is 4.97. The van der Waals surface area contributed by atoms with E-state index in [1.807, 2.05) is 0 Å². The van der Waals surface area contributed by atoms with Crippen LogP contribution in [0.1, 0.15) is 31.9 Å². The molecule has 104 valence electrons. The highest BCUT2D eigenvalue weighted by Crippen LogP contribution is 2.25. The largest absolute Gasteiger partial charge is 0.547 e. The van der Waals surface area contributed by atoms with E-state index in [1.165, 1.54) is 12.1 Å². The second kappa shape index (κ2) is 5.73. The zero-order valence-corrected chi connectivity index (χ0v) is 11.1. The van der Waals surface area contributed by atoms with Crippen molar-refractivity contribution in [1.29, 1.82) is 0 Å². The molecule has 0 saturated heterocycles. The fraction of sp³-hybridized carbons (Fsp3) is 0.429. The minimum atomic E-state index is -2.06. The minimum absolute atomic E-state index is 0.198. The molecule has 0 aromatic heterocycles. The zero-order chi connectivity index (χ0) is 14.6. The summed E-state index contributed by atoms with van der Waals surface area (Å²) >= 11 is 0. The van der Waals surface area contributed by atoms with Crippen molar-refractivity contribution in [2.45, 2.75) is 32.8 Å². The maximum atomic E-state index is 11.1. The Morgan fingerprint density at radius 3 is 2.11 bits per heavy atom. The predicted molar refractivity (Wildman–Crippen MR) is 63.8 cm³/mol. The molecule has 0 radical (unpaired) electrons. The highest BCUT2D eigenvalue weighted by molar-refractivity contribution is 5.79. The van der Waals surface area contributed by atoms with Gasteiger partial charge in [-0.2, -0.15) is 0 Å². The molecule has 0 spiro atoms. The maximum absolute atomic E-state index is 11.1. The van der Waals surface area contributed by atoms with E-state index in [-0.39, 0.29) is 5.56 Å². The van der Waals surface area contributed by atoms with Crippen LogP contribution in [0.15, 0.2) is 24.3 Å². The summed E-state index contributed by atoms with van der Waals surface area (Å²) in [5.74, 6) is -1.16. The van der Waals surface area contributed by atoms with E-state index in [9.17, 15) is 19.8 Å². The van der Waals surface area contributed by atoms with Gasteiger partial charge in [0.15, 0.2) is 0 Å². The summed E-state index contributed by atoms with van der Waals surface area (Å²) < 4.78 is 4.35. The minimum Gasteiger partial charge on any atom is -0.547 e. The summed E-state index contributed by atoms with van der Waals surface area (Å²) in [6.07, 6.45) is -1.05. The molecule has 1 unspecified atom stereocenters. The van der Waals surface area contributed by atoms with Crippen LogP contribution in [0.25, 0.3) is 0 Å². The smallest absolute Gasteiger partial charge is 0.253 e. The number of rotatable bonds is 5. The molecule has 1 atom stereocenters. The van der Waals surface area contributed by atoms with Gasteiger partial charge in [0.2, 0.25) is 0 Å². The SMILES string of the molecule is CC(C)Cc1ccc(C(C)(OC(=O)[O-])C(=O)[O-])cc1. The quantitative estimate of drug-likeness (QED) is 0.709. The first kappa shape index (κ1) is 15.0. The molecule has 0 fully saturated rings. The molecular weight excluding hydrogens is 248 g/mol. The monoisotopic (exact) mass is 264 g/mol. The lowest BCUT2D eigenvalue weighted by Crippen LogP contribution is -2.49. The van der Waals surface area contributed by atoms with Gasteiger partial charge in [-0.15, -0.1) is 0 Å². The van der Waals surface area contributed by atoms with Gasteiger partial charge in [0.05, 0.1) is 5.97 Å². The normalized spacial score (nSPS) is 13.9. The third-order valence-corrected chi connectivity index (χ3v) is 2.83. The summed E-state index contributed by atoms with van der Waals surface area (Å²) in [4.78, 5) is 21.6. The van der Waals surface area contributed by atoms with Crippen LogP contribution in [0.4, 0.5) is 4.79 Å². The molecular formula is C14H16O5-2. The number of carboxylic acids is 1. The number of hydrogen-bond donors (Lipinski definition) is 0. The van der Waals surface area contributed by atoms with Gasteiger partial charge in [-0.1, -0.05) is 38.1 Å². The van der Waals surface area contributed by atoms with Crippen LogP contribution < -0.4 is 10.2 Å². The third kappa shape index (κ3) is 3.71. The first-order valence-electron chi connectivity index (χ1n) is 5.96. The Balaban J connectivity index is 3.04. The second-order valence-corrected chi connectivity index (χ2v) is 4.97. The van der Waals surface area contributed by atoms with Gasteiger partial charge in [-0.3, -0.25) is 0 Å². The lowest BCUT2D eigenvalue weighted by molar-refractivity contribution is -0.339. The van der Waals surface area contributed by atoms with E-state index in [2.05, 4.69) is 18.6 Å². The highest BCUT2D eigenvalue weighted by atomic mass is 16.7. The lowest BCUT2D eigenvalue weighted by Gasteiger charge is -2.35. The summed E-state index contributed by atoms with van der Waals surface area (Å²) in [7, 11) is 0. The number of benzene rings is 1. The van der Waals surface area contributed by atoms with Crippen molar-refractivity contribution in [2.75, 3.05) is 0 Å². The molecule has 1 aromatic rings. The van der Waals surface area contributed by atoms with E-state index in [0.717, 1.165) is 18.9 Å². The topological polar surface area (TPSA) is 89.5 Å². The number of carboxylic acid groups (broad SMARTS) is 2. The molecule has 5 heteroatoms. The van der Waals surface area contributed by atoms with E-state index in [0.29, 0.717) is 5.92 Å². The van der Waals surface area contributed by atoms with Crippen LogP contribution in [0.5, 0.6) is 0 Å². The van der Waals surface area contributed by atoms with E-state index >= 15 is 0 Å². The van der Waals surface area contributed by atoms with Gasteiger partial charge in [0.25, 0.3) is 6.16 Å². The van der Waals surface area contributed by atoms with Gasteiger partial charge in [-0.05, 0) is 30.4 Å². The Morgan fingerprint density at radius 1 is 1.21 bits per heavy atom. The summed E-state index contributed by atoms with van der Waals surface area (Å²) in [5.41, 5.74) is -0.827. The van der Waals surface area contributed by atoms with Crippen molar-refractivity contribution in [3.05, 3.63) is 35.4 Å². The standard InChI is InChI=1S/C14H18O5/c1-9(2)8-10-4-6-11(7-5-10)14(3,12(15)16)19-13(17)18/h4-7,9H,8H2,1-3H3,(H,15,16)(H,17,18)/p-2. The fourth-order valence-corrected chi connectivity index (χ4v) is 1.82. The number of hydrogen-bond acceptors (Lipinski definition) is 5. The molecule has 0 amide bonds. The number of aliphatic carboxylic acids is 1. The number of carbonyl (C=O) groups excluding carboxylic acids is 2. The van der Waals surface area contributed by atoms with Crippen LogP contribution in [0, 0.1) is 5.92 Å². The molecule has 5 nitrogen and oxygen atoms in total. The molecule has 1 rings (SSSR count). The molecule has 0 aliphatic rings. The Hall–Kier alpha value is -2.04. The van der Waals surface area contributed by atoms with Crippen molar-refractivity contribution < 1.29 is 24.5 Å². The van der Waals surface area contributed by atoms with Crippen molar-refractivity contribution in [3.8, 4) is 0 Å². The molecule has 0 bridgehead atoms. The molecule has 0 N–H and O–H groups in total. The molecule has 1 aromatic carbocycles. The summed E-state index contributed by atoms with van der Waals surface area (Å²) in [6.45, 7) is 5.26. The average molecular weight is 264 g/mol. The molecule has 0 heterocycles. The Labute approximate surface area is 111 Å². The van der Waals surface area contributed by atoms with Gasteiger partial charge >= 0.3 is 0 Å². The van der Waals surface area contributed by atoms with Crippen molar-refractivity contribution in [3.63, 3.8) is 0 Å². The number of carbonyl (C=O) groups is 2. The van der Waals surface area contributed by atoms with E-state index in [4.69, 9.17) is 0 Å². The fourth-order valence-electron chi connectivity index (χ4n) is 1.82.